The lowest BCUT2D eigenvalue weighted by Gasteiger charge is -2.24. The number of para-hydroxylation sites is 2. The smallest absolute Gasteiger partial charge is 0.337 e. The number of ether oxygens (including phenoxy) is 1. The molecule has 28 heavy (non-hydrogen) atoms. The highest BCUT2D eigenvalue weighted by Crippen LogP contribution is 2.25. The summed E-state index contributed by atoms with van der Waals surface area (Å²) in [6.07, 6.45) is 0. The van der Waals surface area contributed by atoms with Crippen molar-refractivity contribution in [2.75, 3.05) is 29.6 Å². The SMILES string of the molecule is COC(=O)c1cc(N)cc(NC(=O)CN(c2ccccc2)c2ccccc2)c1. The number of anilines is 4. The zero-order chi connectivity index (χ0) is 19.9. The Kier molecular flexibility index (Phi) is 5.91. The number of nitrogens with zero attached hydrogens (tertiary/aromatic N) is 1. The number of nitrogens with one attached hydrogen (secondary N) is 1. The van der Waals surface area contributed by atoms with Crippen LogP contribution in [0.3, 0.4) is 0 Å². The molecule has 3 aromatic rings. The second-order valence-electron chi connectivity index (χ2n) is 6.14. The topological polar surface area (TPSA) is 84.7 Å². The minimum absolute atomic E-state index is 0.0936. The predicted molar refractivity (Wildman–Crippen MR) is 111 cm³/mol. The Hall–Kier alpha value is -3.80. The summed E-state index contributed by atoms with van der Waals surface area (Å²) in [7, 11) is 1.29. The average Bonchev–Trinajstić information content (AvgIpc) is 2.72. The normalized spacial score (nSPS) is 10.2. The summed E-state index contributed by atoms with van der Waals surface area (Å²) < 4.78 is 4.72. The summed E-state index contributed by atoms with van der Waals surface area (Å²) in [4.78, 5) is 26.4. The number of esters is 1. The molecule has 0 bridgehead atoms. The van der Waals surface area contributed by atoms with E-state index >= 15 is 0 Å². The van der Waals surface area contributed by atoms with Gasteiger partial charge in [0, 0.05) is 22.7 Å². The van der Waals surface area contributed by atoms with E-state index in [1.54, 1.807) is 6.07 Å². The summed E-state index contributed by atoms with van der Waals surface area (Å²) in [5.41, 5.74) is 8.71. The van der Waals surface area contributed by atoms with Gasteiger partial charge in [0.15, 0.2) is 0 Å². The van der Waals surface area contributed by atoms with Crippen molar-refractivity contribution in [3.05, 3.63) is 84.4 Å². The first-order valence-electron chi connectivity index (χ1n) is 8.73. The number of hydrogen-bond acceptors (Lipinski definition) is 5. The molecule has 3 aromatic carbocycles. The molecule has 0 atom stereocenters. The van der Waals surface area contributed by atoms with Crippen LogP contribution in [0.2, 0.25) is 0 Å². The molecule has 0 heterocycles. The van der Waals surface area contributed by atoms with E-state index in [1.165, 1.54) is 19.2 Å². The number of nitrogen functional groups attached to an aromatic ring is 1. The molecule has 142 valence electrons. The van der Waals surface area contributed by atoms with Crippen LogP contribution in [0.4, 0.5) is 22.7 Å². The van der Waals surface area contributed by atoms with Crippen molar-refractivity contribution in [1.29, 1.82) is 0 Å². The van der Waals surface area contributed by atoms with Crippen molar-refractivity contribution in [1.82, 2.24) is 0 Å². The largest absolute Gasteiger partial charge is 0.465 e. The van der Waals surface area contributed by atoms with Crippen molar-refractivity contribution < 1.29 is 14.3 Å². The standard InChI is InChI=1S/C22H21N3O3/c1-28-22(27)16-12-17(23)14-18(13-16)24-21(26)15-25(19-8-4-2-5-9-19)20-10-6-3-7-11-20/h2-14H,15,23H2,1H3,(H,24,26). The van der Waals surface area contributed by atoms with Gasteiger partial charge in [-0.15, -0.1) is 0 Å². The van der Waals surface area contributed by atoms with Gasteiger partial charge in [-0.05, 0) is 42.5 Å². The van der Waals surface area contributed by atoms with Gasteiger partial charge < -0.3 is 20.7 Å². The molecule has 6 heteroatoms. The predicted octanol–water partition coefficient (Wildman–Crippen LogP) is 3.83. The minimum Gasteiger partial charge on any atom is -0.465 e. The van der Waals surface area contributed by atoms with Crippen LogP contribution in [-0.4, -0.2) is 25.5 Å². The van der Waals surface area contributed by atoms with E-state index in [2.05, 4.69) is 5.32 Å². The fourth-order valence-electron chi connectivity index (χ4n) is 2.85. The summed E-state index contributed by atoms with van der Waals surface area (Å²) in [5.74, 6) is -0.757. The molecule has 0 aliphatic carbocycles. The Balaban J connectivity index is 1.82. The fraction of sp³-hybridized carbons (Fsp3) is 0.0909. The molecule has 0 saturated heterocycles. The second kappa shape index (κ2) is 8.73. The van der Waals surface area contributed by atoms with Crippen LogP contribution in [0.25, 0.3) is 0 Å². The molecule has 0 unspecified atom stereocenters. The van der Waals surface area contributed by atoms with Crippen LogP contribution in [0.1, 0.15) is 10.4 Å². The minimum atomic E-state index is -0.516. The van der Waals surface area contributed by atoms with Gasteiger partial charge in [-0.1, -0.05) is 36.4 Å². The summed E-state index contributed by atoms with van der Waals surface area (Å²) >= 11 is 0. The highest BCUT2D eigenvalue weighted by molar-refractivity contribution is 5.98. The number of carbonyl (C=O) groups excluding carboxylic acids is 2. The molecule has 0 aliphatic heterocycles. The third-order valence-corrected chi connectivity index (χ3v) is 4.10. The highest BCUT2D eigenvalue weighted by atomic mass is 16.5. The number of benzene rings is 3. The highest BCUT2D eigenvalue weighted by Gasteiger charge is 2.15. The lowest BCUT2D eigenvalue weighted by atomic mass is 10.1. The van der Waals surface area contributed by atoms with Crippen LogP contribution < -0.4 is 16.0 Å². The number of carbonyl (C=O) groups is 2. The molecule has 0 radical (unpaired) electrons. The molecule has 0 spiro atoms. The summed E-state index contributed by atoms with van der Waals surface area (Å²) in [5, 5.41) is 2.80. The van der Waals surface area contributed by atoms with Crippen LogP contribution in [0, 0.1) is 0 Å². The number of hydrogen-bond donors (Lipinski definition) is 2. The van der Waals surface area contributed by atoms with E-state index in [0.29, 0.717) is 11.4 Å². The van der Waals surface area contributed by atoms with E-state index in [9.17, 15) is 9.59 Å². The van der Waals surface area contributed by atoms with Crippen LogP contribution in [0.5, 0.6) is 0 Å². The fourth-order valence-corrected chi connectivity index (χ4v) is 2.85. The number of nitrogens with two attached hydrogens (primary N) is 1. The Morgan fingerprint density at radius 3 is 2.04 bits per heavy atom. The molecular formula is C22H21N3O3. The lowest BCUT2D eigenvalue weighted by molar-refractivity contribution is -0.114. The van der Waals surface area contributed by atoms with Gasteiger partial charge >= 0.3 is 5.97 Å². The summed E-state index contributed by atoms with van der Waals surface area (Å²) in [6.45, 7) is 0.0936. The van der Waals surface area contributed by atoms with Crippen molar-refractivity contribution in [2.24, 2.45) is 0 Å². The average molecular weight is 375 g/mol. The lowest BCUT2D eigenvalue weighted by Crippen LogP contribution is -2.29. The van der Waals surface area contributed by atoms with Crippen LogP contribution >= 0.6 is 0 Å². The molecule has 3 rings (SSSR count). The Morgan fingerprint density at radius 2 is 1.50 bits per heavy atom. The number of amides is 1. The first kappa shape index (κ1) is 19.0. The van der Waals surface area contributed by atoms with Crippen LogP contribution in [0.15, 0.2) is 78.9 Å². The number of methoxy groups -OCH3 is 1. The quantitative estimate of drug-likeness (QED) is 0.505. The van der Waals surface area contributed by atoms with Crippen LogP contribution in [-0.2, 0) is 9.53 Å². The van der Waals surface area contributed by atoms with Crippen molar-refractivity contribution in [2.45, 2.75) is 0 Å². The van der Waals surface area contributed by atoms with Gasteiger partial charge in [0.05, 0.1) is 12.7 Å². The first-order valence-corrected chi connectivity index (χ1v) is 8.73. The van der Waals surface area contributed by atoms with Crippen molar-refractivity contribution >= 4 is 34.6 Å². The zero-order valence-corrected chi connectivity index (χ0v) is 15.5. The van der Waals surface area contributed by atoms with E-state index in [1.807, 2.05) is 65.6 Å². The maximum absolute atomic E-state index is 12.7. The molecule has 0 fully saturated rings. The first-order chi connectivity index (χ1) is 13.6. The van der Waals surface area contributed by atoms with E-state index in [0.717, 1.165) is 11.4 Å². The van der Waals surface area contributed by atoms with E-state index in [-0.39, 0.29) is 18.0 Å². The van der Waals surface area contributed by atoms with Gasteiger partial charge in [-0.3, -0.25) is 4.79 Å². The Morgan fingerprint density at radius 1 is 0.929 bits per heavy atom. The molecule has 0 saturated carbocycles. The van der Waals surface area contributed by atoms with Gasteiger partial charge in [-0.25, -0.2) is 4.79 Å². The molecule has 0 aliphatic rings. The van der Waals surface area contributed by atoms with Gasteiger partial charge in [-0.2, -0.15) is 0 Å². The monoisotopic (exact) mass is 375 g/mol. The van der Waals surface area contributed by atoms with Gasteiger partial charge in [0.2, 0.25) is 5.91 Å². The second-order valence-corrected chi connectivity index (χ2v) is 6.14. The maximum Gasteiger partial charge on any atom is 0.337 e. The van der Waals surface area contributed by atoms with E-state index < -0.39 is 5.97 Å². The zero-order valence-electron chi connectivity index (χ0n) is 15.5. The third kappa shape index (κ3) is 4.67. The van der Waals surface area contributed by atoms with Gasteiger partial charge in [0.25, 0.3) is 0 Å². The molecular weight excluding hydrogens is 354 g/mol. The molecule has 3 N–H and O–H groups in total. The molecule has 0 aromatic heterocycles. The van der Waals surface area contributed by atoms with Crippen molar-refractivity contribution in [3.63, 3.8) is 0 Å². The maximum atomic E-state index is 12.7. The summed E-state index contributed by atoms with van der Waals surface area (Å²) in [6, 6.07) is 23.9. The van der Waals surface area contributed by atoms with E-state index in [4.69, 9.17) is 10.5 Å². The Bertz CT molecular complexity index is 920. The molecule has 1 amide bonds. The third-order valence-electron chi connectivity index (χ3n) is 4.10. The van der Waals surface area contributed by atoms with Gasteiger partial charge in [0.1, 0.15) is 6.54 Å². The molecule has 6 nitrogen and oxygen atoms in total. The number of rotatable bonds is 6. The Labute approximate surface area is 163 Å². The van der Waals surface area contributed by atoms with Crippen molar-refractivity contribution in [3.8, 4) is 0 Å².